The van der Waals surface area contributed by atoms with Gasteiger partial charge in [-0.25, -0.2) is 9.50 Å². The zero-order valence-electron chi connectivity index (χ0n) is 21.6. The molecule has 1 saturated heterocycles. The van der Waals surface area contributed by atoms with Gasteiger partial charge in [0.15, 0.2) is 5.65 Å². The third-order valence-electron chi connectivity index (χ3n) is 6.97. The maximum atomic E-state index is 14.3. The molecule has 200 valence electrons. The first-order valence-corrected chi connectivity index (χ1v) is 12.5. The fraction of sp³-hybridized carbons (Fsp3) is 0.276. The van der Waals surface area contributed by atoms with Crippen LogP contribution in [0.1, 0.15) is 38.3 Å². The van der Waals surface area contributed by atoms with E-state index in [1.165, 1.54) is 12.1 Å². The number of hydrogen-bond donors (Lipinski definition) is 1. The van der Waals surface area contributed by atoms with Crippen molar-refractivity contribution in [3.8, 4) is 23.0 Å². The molecule has 2 N–H and O–H groups in total. The molecule has 1 aliphatic heterocycles. The number of benzene rings is 2. The molecule has 0 radical (unpaired) electrons. The summed E-state index contributed by atoms with van der Waals surface area (Å²) < 4.78 is 44.5. The number of alkyl halides is 3. The van der Waals surface area contributed by atoms with E-state index in [0.717, 1.165) is 19.2 Å². The van der Waals surface area contributed by atoms with Gasteiger partial charge in [0.2, 0.25) is 5.91 Å². The van der Waals surface area contributed by atoms with Crippen LogP contribution in [0.2, 0.25) is 0 Å². The molecule has 7 nitrogen and oxygen atoms in total. The van der Waals surface area contributed by atoms with Gasteiger partial charge in [0.25, 0.3) is 0 Å². The van der Waals surface area contributed by atoms with Crippen LogP contribution in [0.15, 0.2) is 54.9 Å². The van der Waals surface area contributed by atoms with Gasteiger partial charge in [-0.15, -0.1) is 0 Å². The Balaban J connectivity index is 1.62. The highest BCUT2D eigenvalue weighted by molar-refractivity contribution is 6.01. The van der Waals surface area contributed by atoms with E-state index < -0.39 is 17.6 Å². The van der Waals surface area contributed by atoms with Crippen molar-refractivity contribution in [1.29, 1.82) is 0 Å². The van der Waals surface area contributed by atoms with Crippen LogP contribution in [0.3, 0.4) is 0 Å². The Labute approximate surface area is 224 Å². The van der Waals surface area contributed by atoms with Gasteiger partial charge in [-0.1, -0.05) is 24.1 Å². The van der Waals surface area contributed by atoms with E-state index in [1.54, 1.807) is 48.1 Å². The van der Waals surface area contributed by atoms with Crippen molar-refractivity contribution in [3.05, 3.63) is 88.4 Å². The van der Waals surface area contributed by atoms with E-state index in [-0.39, 0.29) is 28.8 Å². The summed E-state index contributed by atoms with van der Waals surface area (Å²) in [7, 11) is 2.00. The molecule has 1 aliphatic rings. The molecule has 3 heterocycles. The van der Waals surface area contributed by atoms with Crippen molar-refractivity contribution in [3.63, 3.8) is 0 Å². The highest BCUT2D eigenvalue weighted by Gasteiger charge is 2.34. The number of carbonyl (C=O) groups is 1. The largest absolute Gasteiger partial charge is 0.416 e. The average Bonchev–Trinajstić information content (AvgIpc) is 3.31. The predicted octanol–water partition coefficient (Wildman–Crippen LogP) is 3.97. The van der Waals surface area contributed by atoms with E-state index in [9.17, 15) is 18.0 Å². The molecule has 2 aromatic heterocycles. The van der Waals surface area contributed by atoms with Gasteiger partial charge in [-0.3, -0.25) is 9.69 Å². The van der Waals surface area contributed by atoms with E-state index >= 15 is 0 Å². The number of halogens is 3. The summed E-state index contributed by atoms with van der Waals surface area (Å²) >= 11 is 0. The maximum absolute atomic E-state index is 14.3. The minimum Gasteiger partial charge on any atom is -0.366 e. The standard InChI is InChI=1S/C29H27F3N6O/c1-19-5-9-24(28(33)39)27(23(19)10-8-22-17-34-26-4-3-11-35-38(22)26)20-6-7-21(25(16-20)29(30,31)32)18-37-14-12-36(2)13-15-37/h3-7,9,11,16-17H,12-15,18H2,1-2H3,(H2,33,39). The lowest BCUT2D eigenvalue weighted by Gasteiger charge is -2.33. The van der Waals surface area contributed by atoms with E-state index in [2.05, 4.69) is 26.8 Å². The minimum atomic E-state index is -4.58. The van der Waals surface area contributed by atoms with Crippen molar-refractivity contribution >= 4 is 11.6 Å². The number of imidazole rings is 1. The van der Waals surface area contributed by atoms with E-state index in [0.29, 0.717) is 35.6 Å². The molecule has 0 aliphatic carbocycles. The summed E-state index contributed by atoms with van der Waals surface area (Å²) in [5.74, 6) is 5.33. The lowest BCUT2D eigenvalue weighted by molar-refractivity contribution is -0.138. The first-order chi connectivity index (χ1) is 18.6. The molecule has 2 aromatic carbocycles. The van der Waals surface area contributed by atoms with Crippen LogP contribution in [0.25, 0.3) is 16.8 Å². The smallest absolute Gasteiger partial charge is 0.366 e. The molecule has 0 unspecified atom stereocenters. The lowest BCUT2D eigenvalue weighted by Crippen LogP contribution is -2.44. The van der Waals surface area contributed by atoms with Gasteiger partial charge in [0, 0.05) is 55.6 Å². The SMILES string of the molecule is Cc1ccc(C(N)=O)c(-c2ccc(CN3CCN(C)CC3)c(C(F)(F)F)c2)c1C#Cc1cnc2cccnn12. The normalized spacial score (nSPS) is 14.8. The molecule has 1 fully saturated rings. The average molecular weight is 533 g/mol. The van der Waals surface area contributed by atoms with Gasteiger partial charge in [0.05, 0.1) is 11.8 Å². The second-order valence-corrected chi connectivity index (χ2v) is 9.68. The zero-order chi connectivity index (χ0) is 27.7. The van der Waals surface area contributed by atoms with E-state index in [1.807, 2.05) is 11.9 Å². The molecule has 0 bridgehead atoms. The number of amides is 1. The number of rotatable bonds is 4. The Morgan fingerprint density at radius 3 is 2.56 bits per heavy atom. The van der Waals surface area contributed by atoms with Crippen molar-refractivity contribution < 1.29 is 18.0 Å². The van der Waals surface area contributed by atoms with Crippen LogP contribution in [0.5, 0.6) is 0 Å². The number of nitrogens with zero attached hydrogens (tertiary/aromatic N) is 5. The second-order valence-electron chi connectivity index (χ2n) is 9.68. The Kier molecular flexibility index (Phi) is 7.12. The highest BCUT2D eigenvalue weighted by atomic mass is 19.4. The maximum Gasteiger partial charge on any atom is 0.416 e. The van der Waals surface area contributed by atoms with Crippen LogP contribution in [0.4, 0.5) is 13.2 Å². The van der Waals surface area contributed by atoms with Gasteiger partial charge in [-0.2, -0.15) is 18.3 Å². The summed E-state index contributed by atoms with van der Waals surface area (Å²) in [6.45, 7) is 4.96. The van der Waals surface area contributed by atoms with Gasteiger partial charge in [-0.05, 0) is 60.8 Å². The van der Waals surface area contributed by atoms with Crippen molar-refractivity contribution in [2.24, 2.45) is 5.73 Å². The molecule has 0 saturated carbocycles. The molecule has 10 heteroatoms. The van der Waals surface area contributed by atoms with Crippen LogP contribution in [-0.2, 0) is 12.7 Å². The first kappa shape index (κ1) is 26.4. The summed E-state index contributed by atoms with van der Waals surface area (Å²) in [6.07, 6.45) is -1.41. The summed E-state index contributed by atoms with van der Waals surface area (Å²) in [5, 5.41) is 4.25. The molecule has 39 heavy (non-hydrogen) atoms. The molecular weight excluding hydrogens is 505 g/mol. The van der Waals surface area contributed by atoms with Crippen molar-refractivity contribution in [2.75, 3.05) is 33.2 Å². The molecule has 0 spiro atoms. The summed E-state index contributed by atoms with van der Waals surface area (Å²) in [5.41, 5.74) is 7.94. The van der Waals surface area contributed by atoms with Gasteiger partial charge < -0.3 is 10.6 Å². The van der Waals surface area contributed by atoms with Crippen molar-refractivity contribution in [1.82, 2.24) is 24.4 Å². The number of piperazine rings is 1. The first-order valence-electron chi connectivity index (χ1n) is 12.5. The predicted molar refractivity (Wildman–Crippen MR) is 142 cm³/mol. The molecule has 1 amide bonds. The molecule has 0 atom stereocenters. The number of nitrogens with two attached hydrogens (primary N) is 1. The van der Waals surface area contributed by atoms with Crippen LogP contribution in [0, 0.1) is 18.8 Å². The molecule has 5 rings (SSSR count). The fourth-order valence-corrected chi connectivity index (χ4v) is 4.79. The second kappa shape index (κ2) is 10.5. The lowest BCUT2D eigenvalue weighted by atomic mass is 9.89. The van der Waals surface area contributed by atoms with Crippen LogP contribution >= 0.6 is 0 Å². The Bertz CT molecular complexity index is 1610. The third-order valence-corrected chi connectivity index (χ3v) is 6.97. The van der Waals surface area contributed by atoms with Gasteiger partial charge >= 0.3 is 6.18 Å². The number of aryl methyl sites for hydroxylation is 1. The zero-order valence-corrected chi connectivity index (χ0v) is 21.6. The third kappa shape index (κ3) is 5.50. The quantitative estimate of drug-likeness (QED) is 0.403. The Morgan fingerprint density at radius 2 is 1.85 bits per heavy atom. The molecule has 4 aromatic rings. The number of likely N-dealkylation sites (N-methyl/N-ethyl adjacent to an activating group) is 1. The number of carbonyl (C=O) groups excluding carboxylic acids is 1. The Hall–Kier alpha value is -4.20. The number of aromatic nitrogens is 3. The monoisotopic (exact) mass is 532 g/mol. The Morgan fingerprint density at radius 1 is 1.08 bits per heavy atom. The van der Waals surface area contributed by atoms with Crippen molar-refractivity contribution in [2.45, 2.75) is 19.6 Å². The number of hydrogen-bond acceptors (Lipinski definition) is 5. The number of fused-ring (bicyclic) bond motifs is 1. The number of primary amides is 1. The fourth-order valence-electron chi connectivity index (χ4n) is 4.79. The van der Waals surface area contributed by atoms with Crippen LogP contribution < -0.4 is 5.73 Å². The van der Waals surface area contributed by atoms with Gasteiger partial charge in [0.1, 0.15) is 5.69 Å². The highest BCUT2D eigenvalue weighted by Crippen LogP contribution is 2.38. The minimum absolute atomic E-state index is 0.0982. The summed E-state index contributed by atoms with van der Waals surface area (Å²) in [4.78, 5) is 20.9. The topological polar surface area (TPSA) is 79.8 Å². The summed E-state index contributed by atoms with van der Waals surface area (Å²) in [6, 6.07) is 11.0. The molecular formula is C29H27F3N6O. The van der Waals surface area contributed by atoms with Crippen LogP contribution in [-0.4, -0.2) is 63.5 Å². The van der Waals surface area contributed by atoms with E-state index in [4.69, 9.17) is 5.73 Å².